The topological polar surface area (TPSA) is 56.7 Å². The first-order valence-electron chi connectivity index (χ1n) is 9.24. The average Bonchev–Trinajstić information content (AvgIpc) is 2.92. The third kappa shape index (κ3) is 5.76. The van der Waals surface area contributed by atoms with Crippen molar-refractivity contribution in [2.45, 2.75) is 47.6 Å². The Morgan fingerprint density at radius 3 is 2.48 bits per heavy atom. The summed E-state index contributed by atoms with van der Waals surface area (Å²) in [4.78, 5) is 18.9. The van der Waals surface area contributed by atoms with Crippen molar-refractivity contribution in [1.82, 2.24) is 10.2 Å². The average molecular weight is 345 g/mol. The molecule has 5 nitrogen and oxygen atoms in total. The number of likely N-dealkylation sites (tertiary alicyclic amines) is 1. The SMILES string of the molecule is CCNC(=NCc1ccc(NC(=O)C(C)C)cc1)N1CCC(C)(C)C1. The monoisotopic (exact) mass is 344 g/mol. The van der Waals surface area contributed by atoms with Crippen LogP contribution in [0.25, 0.3) is 0 Å². The van der Waals surface area contributed by atoms with Crippen molar-refractivity contribution in [3.8, 4) is 0 Å². The van der Waals surface area contributed by atoms with Gasteiger partial charge in [-0.15, -0.1) is 0 Å². The number of rotatable bonds is 5. The molecule has 1 aliphatic heterocycles. The Bertz CT molecular complexity index is 605. The largest absolute Gasteiger partial charge is 0.357 e. The first kappa shape index (κ1) is 19.3. The Labute approximate surface area is 151 Å². The minimum atomic E-state index is -0.0170. The minimum Gasteiger partial charge on any atom is -0.357 e. The van der Waals surface area contributed by atoms with Crippen molar-refractivity contribution in [1.29, 1.82) is 0 Å². The predicted molar refractivity (Wildman–Crippen MR) is 105 cm³/mol. The molecular weight excluding hydrogens is 312 g/mol. The molecule has 1 saturated heterocycles. The molecule has 2 rings (SSSR count). The van der Waals surface area contributed by atoms with E-state index in [9.17, 15) is 4.79 Å². The summed E-state index contributed by atoms with van der Waals surface area (Å²) in [6.07, 6.45) is 1.20. The van der Waals surface area contributed by atoms with Crippen molar-refractivity contribution in [2.24, 2.45) is 16.3 Å². The molecule has 0 saturated carbocycles. The predicted octanol–water partition coefficient (Wildman–Crippen LogP) is 3.48. The molecule has 1 fully saturated rings. The fourth-order valence-electron chi connectivity index (χ4n) is 2.87. The number of hydrogen-bond donors (Lipinski definition) is 2. The Kier molecular flexibility index (Phi) is 6.45. The van der Waals surface area contributed by atoms with Gasteiger partial charge >= 0.3 is 0 Å². The van der Waals surface area contributed by atoms with Gasteiger partial charge in [-0.05, 0) is 36.5 Å². The molecule has 0 spiro atoms. The smallest absolute Gasteiger partial charge is 0.226 e. The maximum atomic E-state index is 11.7. The molecule has 0 bridgehead atoms. The molecular formula is C20H32N4O. The van der Waals surface area contributed by atoms with E-state index >= 15 is 0 Å². The van der Waals surface area contributed by atoms with Crippen LogP contribution in [0.4, 0.5) is 5.69 Å². The number of guanidine groups is 1. The van der Waals surface area contributed by atoms with Crippen LogP contribution in [0.2, 0.25) is 0 Å². The van der Waals surface area contributed by atoms with Crippen LogP contribution in [-0.2, 0) is 11.3 Å². The first-order chi connectivity index (χ1) is 11.8. The molecule has 0 radical (unpaired) electrons. The Morgan fingerprint density at radius 1 is 1.28 bits per heavy atom. The van der Waals surface area contributed by atoms with Crippen molar-refractivity contribution in [2.75, 3.05) is 25.0 Å². The third-order valence-electron chi connectivity index (χ3n) is 4.47. The van der Waals surface area contributed by atoms with Crippen LogP contribution in [0.1, 0.15) is 46.6 Å². The maximum Gasteiger partial charge on any atom is 0.226 e. The summed E-state index contributed by atoms with van der Waals surface area (Å²) in [6, 6.07) is 7.93. The molecule has 0 aromatic heterocycles. The van der Waals surface area contributed by atoms with Crippen LogP contribution in [0.15, 0.2) is 29.3 Å². The van der Waals surface area contributed by atoms with Crippen LogP contribution in [0.3, 0.4) is 0 Å². The van der Waals surface area contributed by atoms with Crippen molar-refractivity contribution >= 4 is 17.6 Å². The van der Waals surface area contributed by atoms with Gasteiger partial charge < -0.3 is 15.5 Å². The molecule has 25 heavy (non-hydrogen) atoms. The standard InChI is InChI=1S/C20H32N4O/c1-6-21-19(24-12-11-20(4,5)14-24)22-13-16-7-9-17(10-8-16)23-18(25)15(2)3/h7-10,15H,6,11-14H2,1-5H3,(H,21,22)(H,23,25). The Hall–Kier alpha value is -2.04. The maximum absolute atomic E-state index is 11.7. The van der Waals surface area contributed by atoms with Crippen molar-refractivity contribution in [3.05, 3.63) is 29.8 Å². The number of carbonyl (C=O) groups is 1. The number of amides is 1. The molecule has 1 amide bonds. The van der Waals surface area contributed by atoms with E-state index in [1.807, 2.05) is 38.1 Å². The van der Waals surface area contributed by atoms with Gasteiger partial charge in [-0.3, -0.25) is 4.79 Å². The molecule has 5 heteroatoms. The van der Waals surface area contributed by atoms with Crippen LogP contribution in [-0.4, -0.2) is 36.4 Å². The zero-order valence-corrected chi connectivity index (χ0v) is 16.2. The van der Waals surface area contributed by atoms with E-state index in [0.29, 0.717) is 12.0 Å². The molecule has 2 N–H and O–H groups in total. The number of benzene rings is 1. The second-order valence-electron chi connectivity index (χ2n) is 7.85. The van der Waals surface area contributed by atoms with Crippen LogP contribution in [0, 0.1) is 11.3 Å². The third-order valence-corrected chi connectivity index (χ3v) is 4.47. The summed E-state index contributed by atoms with van der Waals surface area (Å²) in [6.45, 7) is 14.1. The highest BCUT2D eigenvalue weighted by Gasteiger charge is 2.30. The number of nitrogens with one attached hydrogen (secondary N) is 2. The van der Waals surface area contributed by atoms with Crippen molar-refractivity contribution < 1.29 is 4.79 Å². The van der Waals surface area contributed by atoms with Gasteiger partial charge in [0.1, 0.15) is 0 Å². The van der Waals surface area contributed by atoms with Crippen LogP contribution < -0.4 is 10.6 Å². The van der Waals surface area contributed by atoms with Gasteiger partial charge in [0.05, 0.1) is 6.54 Å². The van der Waals surface area contributed by atoms with Gasteiger partial charge in [-0.1, -0.05) is 39.8 Å². The van der Waals surface area contributed by atoms with E-state index in [4.69, 9.17) is 4.99 Å². The highest BCUT2D eigenvalue weighted by atomic mass is 16.1. The van der Waals surface area contributed by atoms with E-state index < -0.39 is 0 Å². The summed E-state index contributed by atoms with van der Waals surface area (Å²) in [5.41, 5.74) is 2.32. The van der Waals surface area contributed by atoms with E-state index in [1.165, 1.54) is 6.42 Å². The highest BCUT2D eigenvalue weighted by molar-refractivity contribution is 5.92. The molecule has 1 aromatic rings. The van der Waals surface area contributed by atoms with Crippen LogP contribution >= 0.6 is 0 Å². The summed E-state index contributed by atoms with van der Waals surface area (Å²) in [7, 11) is 0. The Morgan fingerprint density at radius 2 is 1.96 bits per heavy atom. The molecule has 1 aliphatic rings. The lowest BCUT2D eigenvalue weighted by molar-refractivity contribution is -0.118. The van der Waals surface area contributed by atoms with E-state index in [0.717, 1.165) is 36.8 Å². The summed E-state index contributed by atoms with van der Waals surface area (Å²) in [5.74, 6) is 1.01. The lowest BCUT2D eigenvalue weighted by atomic mass is 9.93. The van der Waals surface area contributed by atoms with Crippen LogP contribution in [0.5, 0.6) is 0 Å². The van der Waals surface area contributed by atoms with Crippen molar-refractivity contribution in [3.63, 3.8) is 0 Å². The van der Waals surface area contributed by atoms with Gasteiger partial charge in [0, 0.05) is 31.2 Å². The van der Waals surface area contributed by atoms with Gasteiger partial charge in [-0.25, -0.2) is 4.99 Å². The fraction of sp³-hybridized carbons (Fsp3) is 0.600. The second kappa shape index (κ2) is 8.37. The molecule has 0 atom stereocenters. The molecule has 138 valence electrons. The lowest BCUT2D eigenvalue weighted by Crippen LogP contribution is -2.40. The first-order valence-corrected chi connectivity index (χ1v) is 9.24. The number of hydrogen-bond acceptors (Lipinski definition) is 2. The number of carbonyl (C=O) groups excluding carboxylic acids is 1. The molecule has 1 heterocycles. The molecule has 0 aliphatic carbocycles. The quantitative estimate of drug-likeness (QED) is 0.635. The van der Waals surface area contributed by atoms with E-state index in [2.05, 4.69) is 36.3 Å². The minimum absolute atomic E-state index is 0.0170. The van der Waals surface area contributed by atoms with Gasteiger partial charge in [0.2, 0.25) is 5.91 Å². The van der Waals surface area contributed by atoms with E-state index in [-0.39, 0.29) is 11.8 Å². The number of anilines is 1. The fourth-order valence-corrected chi connectivity index (χ4v) is 2.87. The Balaban J connectivity index is 1.99. The van der Waals surface area contributed by atoms with Gasteiger partial charge in [0.15, 0.2) is 5.96 Å². The number of aliphatic imine (C=N–C) groups is 1. The molecule has 0 unspecified atom stereocenters. The zero-order valence-electron chi connectivity index (χ0n) is 16.2. The summed E-state index contributed by atoms with van der Waals surface area (Å²) >= 11 is 0. The normalized spacial score (nSPS) is 17.0. The highest BCUT2D eigenvalue weighted by Crippen LogP contribution is 2.28. The zero-order chi connectivity index (χ0) is 18.4. The van der Waals surface area contributed by atoms with E-state index in [1.54, 1.807) is 0 Å². The number of nitrogens with zero attached hydrogens (tertiary/aromatic N) is 2. The van der Waals surface area contributed by atoms with Gasteiger partial charge in [-0.2, -0.15) is 0 Å². The van der Waals surface area contributed by atoms with Gasteiger partial charge in [0.25, 0.3) is 0 Å². The molecule has 1 aromatic carbocycles. The lowest BCUT2D eigenvalue weighted by Gasteiger charge is -2.23. The summed E-state index contributed by atoms with van der Waals surface area (Å²) < 4.78 is 0. The summed E-state index contributed by atoms with van der Waals surface area (Å²) in [5, 5.41) is 6.31. The second-order valence-corrected chi connectivity index (χ2v) is 7.85.